The van der Waals surface area contributed by atoms with Gasteiger partial charge in [-0.2, -0.15) is 0 Å². The van der Waals surface area contributed by atoms with Gasteiger partial charge in [-0.1, -0.05) is 38.1 Å². The lowest BCUT2D eigenvalue weighted by Gasteiger charge is -2.28. The Hall–Kier alpha value is -0.860. The first-order valence-corrected chi connectivity index (χ1v) is 9.23. The quantitative estimate of drug-likeness (QED) is 0.262. The summed E-state index contributed by atoms with van der Waals surface area (Å²) >= 11 is 0. The third kappa shape index (κ3) is 7.40. The van der Waals surface area contributed by atoms with Crippen LogP contribution in [-0.2, 0) is 14.9 Å². The molecule has 1 aliphatic heterocycles. The van der Waals surface area contributed by atoms with Crippen molar-refractivity contribution in [2.24, 2.45) is 4.99 Å². The summed E-state index contributed by atoms with van der Waals surface area (Å²) in [5.74, 6) is 0.839. The number of rotatable bonds is 8. The Labute approximate surface area is 175 Å². The normalized spacial score (nSPS) is 17.7. The number of benzene rings is 1. The van der Waals surface area contributed by atoms with Crippen LogP contribution in [-0.4, -0.2) is 52.0 Å². The minimum Gasteiger partial charge on any atom is -0.379 e. The first-order chi connectivity index (χ1) is 12.0. The fourth-order valence-electron chi connectivity index (χ4n) is 3.13. The summed E-state index contributed by atoms with van der Waals surface area (Å²) in [6, 6.07) is 8.56. The molecular weight excluding hydrogens is 441 g/mol. The molecule has 6 heteroatoms. The van der Waals surface area contributed by atoms with Crippen molar-refractivity contribution in [3.63, 3.8) is 0 Å². The van der Waals surface area contributed by atoms with Gasteiger partial charge in [0.2, 0.25) is 0 Å². The molecule has 0 aliphatic carbocycles. The van der Waals surface area contributed by atoms with Crippen molar-refractivity contribution in [1.29, 1.82) is 0 Å². The summed E-state index contributed by atoms with van der Waals surface area (Å²) < 4.78 is 11.1. The lowest BCUT2D eigenvalue weighted by atomic mass is 9.82. The molecule has 1 saturated heterocycles. The molecule has 0 amide bonds. The Morgan fingerprint density at radius 1 is 1.31 bits per heavy atom. The van der Waals surface area contributed by atoms with Crippen LogP contribution in [0.25, 0.3) is 0 Å². The predicted octanol–water partition coefficient (Wildman–Crippen LogP) is 3.25. The van der Waals surface area contributed by atoms with Crippen molar-refractivity contribution < 1.29 is 9.47 Å². The molecule has 0 spiro atoms. The van der Waals surface area contributed by atoms with Gasteiger partial charge in [0.1, 0.15) is 0 Å². The number of ether oxygens (including phenoxy) is 2. The average Bonchev–Trinajstić information content (AvgIpc) is 3.11. The van der Waals surface area contributed by atoms with E-state index in [-0.39, 0.29) is 35.5 Å². The van der Waals surface area contributed by atoms with Gasteiger partial charge >= 0.3 is 0 Å². The molecule has 0 saturated carbocycles. The van der Waals surface area contributed by atoms with Crippen LogP contribution in [0.2, 0.25) is 0 Å². The second kappa shape index (κ2) is 11.8. The third-order valence-corrected chi connectivity index (χ3v) is 4.65. The van der Waals surface area contributed by atoms with E-state index < -0.39 is 0 Å². The van der Waals surface area contributed by atoms with Crippen molar-refractivity contribution in [2.45, 2.75) is 45.1 Å². The molecule has 2 N–H and O–H groups in total. The summed E-state index contributed by atoms with van der Waals surface area (Å²) in [6.07, 6.45) is 2.26. The highest BCUT2D eigenvalue weighted by atomic mass is 127. The molecule has 0 bridgehead atoms. The van der Waals surface area contributed by atoms with Crippen molar-refractivity contribution in [3.05, 3.63) is 35.4 Å². The molecular formula is C20H34IN3O2. The number of aliphatic imine (C=N–C) groups is 1. The van der Waals surface area contributed by atoms with Crippen LogP contribution >= 0.6 is 24.0 Å². The van der Waals surface area contributed by atoms with E-state index in [0.29, 0.717) is 0 Å². The summed E-state index contributed by atoms with van der Waals surface area (Å²) in [5, 5.41) is 6.81. The molecule has 1 aliphatic rings. The molecule has 0 aromatic heterocycles. The van der Waals surface area contributed by atoms with E-state index in [9.17, 15) is 0 Å². The van der Waals surface area contributed by atoms with Crippen LogP contribution in [0, 0.1) is 6.92 Å². The number of nitrogens with one attached hydrogen (secondary N) is 2. The van der Waals surface area contributed by atoms with E-state index in [1.807, 2.05) is 7.05 Å². The zero-order chi connectivity index (χ0) is 18.1. The largest absolute Gasteiger partial charge is 0.379 e. The monoisotopic (exact) mass is 475 g/mol. The van der Waals surface area contributed by atoms with Crippen LogP contribution in [0.1, 0.15) is 37.8 Å². The van der Waals surface area contributed by atoms with Gasteiger partial charge in [-0.15, -0.1) is 24.0 Å². The lowest BCUT2D eigenvalue weighted by Crippen LogP contribution is -2.44. The third-order valence-electron chi connectivity index (χ3n) is 4.65. The van der Waals surface area contributed by atoms with Gasteiger partial charge in [-0.25, -0.2) is 0 Å². The predicted molar refractivity (Wildman–Crippen MR) is 119 cm³/mol. The molecule has 26 heavy (non-hydrogen) atoms. The van der Waals surface area contributed by atoms with E-state index in [2.05, 4.69) is 60.7 Å². The average molecular weight is 475 g/mol. The SMILES string of the molecule is CN=C(NCCCOC1CCOC1)NCC(C)(C)c1ccccc1C.I. The Morgan fingerprint density at radius 2 is 2.08 bits per heavy atom. The molecule has 5 nitrogen and oxygen atoms in total. The van der Waals surface area contributed by atoms with E-state index >= 15 is 0 Å². The molecule has 1 atom stereocenters. The van der Waals surface area contributed by atoms with Gasteiger partial charge in [-0.3, -0.25) is 4.99 Å². The maximum Gasteiger partial charge on any atom is 0.191 e. The first kappa shape index (κ1) is 23.2. The van der Waals surface area contributed by atoms with Gasteiger partial charge in [0.15, 0.2) is 5.96 Å². The molecule has 2 rings (SSSR count). The lowest BCUT2D eigenvalue weighted by molar-refractivity contribution is 0.0420. The van der Waals surface area contributed by atoms with Crippen molar-refractivity contribution >= 4 is 29.9 Å². The summed E-state index contributed by atoms with van der Waals surface area (Å²) in [7, 11) is 1.81. The maximum absolute atomic E-state index is 5.78. The van der Waals surface area contributed by atoms with E-state index in [1.54, 1.807) is 0 Å². The Bertz CT molecular complexity index is 558. The van der Waals surface area contributed by atoms with Gasteiger partial charge in [0.25, 0.3) is 0 Å². The number of aryl methyl sites for hydroxylation is 1. The summed E-state index contributed by atoms with van der Waals surface area (Å²) in [4.78, 5) is 4.32. The molecule has 148 valence electrons. The van der Waals surface area contributed by atoms with Crippen molar-refractivity contribution in [1.82, 2.24) is 10.6 Å². The zero-order valence-corrected chi connectivity index (χ0v) is 18.8. The second-order valence-corrected chi connectivity index (χ2v) is 7.26. The molecule has 0 radical (unpaired) electrons. The molecule has 1 fully saturated rings. The minimum atomic E-state index is 0. The molecule has 1 aromatic rings. The zero-order valence-electron chi connectivity index (χ0n) is 16.5. The van der Waals surface area contributed by atoms with Crippen LogP contribution in [0.15, 0.2) is 29.3 Å². The van der Waals surface area contributed by atoms with Gasteiger partial charge in [-0.05, 0) is 30.9 Å². The Balaban J connectivity index is 0.00000338. The minimum absolute atomic E-state index is 0. The van der Waals surface area contributed by atoms with Gasteiger partial charge in [0.05, 0.1) is 12.7 Å². The maximum atomic E-state index is 5.78. The Kier molecular flexibility index (Phi) is 10.5. The van der Waals surface area contributed by atoms with Crippen molar-refractivity contribution in [3.8, 4) is 0 Å². The van der Waals surface area contributed by atoms with Crippen molar-refractivity contribution in [2.75, 3.05) is 40.0 Å². The molecule has 1 unspecified atom stereocenters. The van der Waals surface area contributed by atoms with Crippen LogP contribution in [0.3, 0.4) is 0 Å². The summed E-state index contributed by atoms with van der Waals surface area (Å²) in [5.41, 5.74) is 2.73. The molecule has 1 heterocycles. The highest BCUT2D eigenvalue weighted by Gasteiger charge is 2.22. The number of guanidine groups is 1. The topological polar surface area (TPSA) is 54.9 Å². The number of nitrogens with zero attached hydrogens (tertiary/aromatic N) is 1. The number of hydrogen-bond donors (Lipinski definition) is 2. The Morgan fingerprint density at radius 3 is 2.73 bits per heavy atom. The molecule has 1 aromatic carbocycles. The highest BCUT2D eigenvalue weighted by Crippen LogP contribution is 2.25. The van der Waals surface area contributed by atoms with E-state index in [1.165, 1.54) is 11.1 Å². The van der Waals surface area contributed by atoms with Crippen LogP contribution in [0.5, 0.6) is 0 Å². The van der Waals surface area contributed by atoms with E-state index in [0.717, 1.165) is 51.7 Å². The smallest absolute Gasteiger partial charge is 0.191 e. The van der Waals surface area contributed by atoms with Crippen LogP contribution < -0.4 is 10.6 Å². The number of halogens is 1. The fraction of sp³-hybridized carbons (Fsp3) is 0.650. The summed E-state index contributed by atoms with van der Waals surface area (Å²) in [6.45, 7) is 10.7. The number of hydrogen-bond acceptors (Lipinski definition) is 3. The highest BCUT2D eigenvalue weighted by molar-refractivity contribution is 14.0. The second-order valence-electron chi connectivity index (χ2n) is 7.26. The van der Waals surface area contributed by atoms with Crippen LogP contribution in [0.4, 0.5) is 0 Å². The van der Waals surface area contributed by atoms with Gasteiger partial charge < -0.3 is 20.1 Å². The van der Waals surface area contributed by atoms with Gasteiger partial charge in [0, 0.05) is 38.8 Å². The first-order valence-electron chi connectivity index (χ1n) is 9.23. The van der Waals surface area contributed by atoms with E-state index in [4.69, 9.17) is 9.47 Å². The fourth-order valence-corrected chi connectivity index (χ4v) is 3.13. The standard InChI is InChI=1S/C20H33N3O2.HI/c1-16-8-5-6-9-18(16)20(2,3)15-23-19(21-4)22-11-7-12-25-17-10-13-24-14-17;/h5-6,8-9,17H,7,10-15H2,1-4H3,(H2,21,22,23);1H.